The lowest BCUT2D eigenvalue weighted by Gasteiger charge is -2.21. The first-order valence-corrected chi connectivity index (χ1v) is 6.00. The number of rotatable bonds is 6. The maximum atomic E-state index is 11.6. The molecule has 0 aliphatic rings. The van der Waals surface area contributed by atoms with E-state index in [0.29, 0.717) is 13.0 Å². The largest absolute Gasteiger partial charge is 0.493 e. The lowest BCUT2D eigenvalue weighted by atomic mass is 10.0. The maximum absolute atomic E-state index is 11.6. The SMILES string of the molecule is CCC(C)(C#N)NC(=O)CCOc1ccccc1. The first kappa shape index (κ1) is 14.0. The molecule has 0 bridgehead atoms. The molecular weight excluding hydrogens is 228 g/mol. The molecule has 1 rings (SSSR count). The van der Waals surface area contributed by atoms with Crippen LogP contribution in [0.3, 0.4) is 0 Å². The summed E-state index contributed by atoms with van der Waals surface area (Å²) in [5.41, 5.74) is -0.788. The molecule has 0 radical (unpaired) electrons. The highest BCUT2D eigenvalue weighted by atomic mass is 16.5. The van der Waals surface area contributed by atoms with E-state index in [0.717, 1.165) is 5.75 Å². The van der Waals surface area contributed by atoms with Gasteiger partial charge >= 0.3 is 0 Å². The van der Waals surface area contributed by atoms with E-state index in [1.807, 2.05) is 37.3 Å². The van der Waals surface area contributed by atoms with E-state index < -0.39 is 5.54 Å². The van der Waals surface area contributed by atoms with Gasteiger partial charge in [0.2, 0.25) is 5.91 Å². The van der Waals surface area contributed by atoms with Crippen LogP contribution in [0.5, 0.6) is 5.75 Å². The van der Waals surface area contributed by atoms with Crippen molar-refractivity contribution in [2.45, 2.75) is 32.2 Å². The van der Waals surface area contributed by atoms with Crippen LogP contribution < -0.4 is 10.1 Å². The van der Waals surface area contributed by atoms with Gasteiger partial charge in [-0.1, -0.05) is 25.1 Å². The Balaban J connectivity index is 2.32. The van der Waals surface area contributed by atoms with Crippen molar-refractivity contribution in [2.24, 2.45) is 0 Å². The van der Waals surface area contributed by atoms with Crippen LogP contribution in [0.2, 0.25) is 0 Å². The summed E-state index contributed by atoms with van der Waals surface area (Å²) in [6, 6.07) is 11.4. The quantitative estimate of drug-likeness (QED) is 0.837. The Hall–Kier alpha value is -2.02. The zero-order valence-corrected chi connectivity index (χ0v) is 10.8. The molecule has 18 heavy (non-hydrogen) atoms. The Labute approximate surface area is 108 Å². The molecule has 1 amide bonds. The Morgan fingerprint density at radius 3 is 2.67 bits per heavy atom. The maximum Gasteiger partial charge on any atom is 0.224 e. The molecular formula is C14H18N2O2. The van der Waals surface area contributed by atoms with E-state index in [4.69, 9.17) is 10.00 Å². The molecule has 0 aliphatic heterocycles. The number of nitriles is 1. The second-order valence-electron chi connectivity index (χ2n) is 4.26. The molecule has 1 atom stereocenters. The van der Waals surface area contributed by atoms with Gasteiger partial charge in [-0.25, -0.2) is 0 Å². The van der Waals surface area contributed by atoms with E-state index in [1.54, 1.807) is 6.92 Å². The van der Waals surface area contributed by atoms with E-state index in [-0.39, 0.29) is 12.3 Å². The van der Waals surface area contributed by atoms with Gasteiger partial charge in [0.25, 0.3) is 0 Å². The molecule has 0 spiro atoms. The summed E-state index contributed by atoms with van der Waals surface area (Å²) in [5.74, 6) is 0.570. The Morgan fingerprint density at radius 1 is 1.44 bits per heavy atom. The van der Waals surface area contributed by atoms with Crippen LogP contribution in [0.25, 0.3) is 0 Å². The zero-order valence-electron chi connectivity index (χ0n) is 10.8. The van der Waals surface area contributed by atoms with Gasteiger partial charge in [0.05, 0.1) is 19.1 Å². The third kappa shape index (κ3) is 4.46. The molecule has 0 saturated heterocycles. The summed E-state index contributed by atoms with van der Waals surface area (Å²) in [7, 11) is 0. The van der Waals surface area contributed by atoms with Crippen molar-refractivity contribution < 1.29 is 9.53 Å². The smallest absolute Gasteiger partial charge is 0.224 e. The zero-order chi connectivity index (χ0) is 13.4. The molecule has 4 nitrogen and oxygen atoms in total. The highest BCUT2D eigenvalue weighted by Crippen LogP contribution is 2.09. The van der Waals surface area contributed by atoms with Gasteiger partial charge in [-0.05, 0) is 25.5 Å². The minimum atomic E-state index is -0.788. The van der Waals surface area contributed by atoms with Gasteiger partial charge in [0.15, 0.2) is 0 Å². The molecule has 96 valence electrons. The second-order valence-corrected chi connectivity index (χ2v) is 4.26. The number of ether oxygens (including phenoxy) is 1. The van der Waals surface area contributed by atoms with Gasteiger partial charge in [-0.2, -0.15) is 5.26 Å². The number of hydrogen-bond acceptors (Lipinski definition) is 3. The van der Waals surface area contributed by atoms with Gasteiger partial charge in [-0.3, -0.25) is 4.79 Å². The fourth-order valence-electron chi connectivity index (χ4n) is 1.34. The number of hydrogen-bond donors (Lipinski definition) is 1. The molecule has 0 heterocycles. The molecule has 4 heteroatoms. The first-order chi connectivity index (χ1) is 8.59. The van der Waals surface area contributed by atoms with Crippen LogP contribution in [0.15, 0.2) is 30.3 Å². The average molecular weight is 246 g/mol. The van der Waals surface area contributed by atoms with Gasteiger partial charge in [0, 0.05) is 0 Å². The minimum Gasteiger partial charge on any atom is -0.493 e. The van der Waals surface area contributed by atoms with Crippen molar-refractivity contribution in [3.63, 3.8) is 0 Å². The van der Waals surface area contributed by atoms with Gasteiger partial charge in [-0.15, -0.1) is 0 Å². The van der Waals surface area contributed by atoms with Crippen LogP contribution in [0, 0.1) is 11.3 Å². The number of amides is 1. The summed E-state index contributed by atoms with van der Waals surface area (Å²) in [4.78, 5) is 11.6. The Kier molecular flexibility index (Phi) is 5.19. The molecule has 1 unspecified atom stereocenters. The van der Waals surface area contributed by atoms with Crippen molar-refractivity contribution in [2.75, 3.05) is 6.61 Å². The van der Waals surface area contributed by atoms with E-state index in [2.05, 4.69) is 11.4 Å². The lowest BCUT2D eigenvalue weighted by molar-refractivity contribution is -0.122. The van der Waals surface area contributed by atoms with Crippen molar-refractivity contribution in [1.82, 2.24) is 5.32 Å². The number of benzene rings is 1. The number of para-hydroxylation sites is 1. The normalized spacial score (nSPS) is 13.2. The minimum absolute atomic E-state index is 0.170. The highest BCUT2D eigenvalue weighted by molar-refractivity contribution is 5.77. The third-order valence-corrected chi connectivity index (χ3v) is 2.71. The Morgan fingerprint density at radius 2 is 2.11 bits per heavy atom. The molecule has 0 fully saturated rings. The summed E-state index contributed by atoms with van der Waals surface area (Å²) in [6.45, 7) is 3.88. The first-order valence-electron chi connectivity index (χ1n) is 6.00. The number of nitrogens with one attached hydrogen (secondary N) is 1. The molecule has 0 aromatic heterocycles. The highest BCUT2D eigenvalue weighted by Gasteiger charge is 2.23. The summed E-state index contributed by atoms with van der Waals surface area (Å²) >= 11 is 0. The van der Waals surface area contributed by atoms with Crippen LogP contribution in [-0.2, 0) is 4.79 Å². The van der Waals surface area contributed by atoms with Crippen molar-refractivity contribution >= 4 is 5.91 Å². The summed E-state index contributed by atoms with van der Waals surface area (Å²) in [5, 5.41) is 11.6. The average Bonchev–Trinajstić information content (AvgIpc) is 2.40. The van der Waals surface area contributed by atoms with E-state index >= 15 is 0 Å². The van der Waals surface area contributed by atoms with Gasteiger partial charge in [0.1, 0.15) is 11.3 Å². The standard InChI is InChI=1S/C14H18N2O2/c1-3-14(2,11-15)16-13(17)9-10-18-12-7-5-4-6-8-12/h4-8H,3,9-10H2,1-2H3,(H,16,17). The van der Waals surface area contributed by atoms with E-state index in [9.17, 15) is 4.79 Å². The van der Waals surface area contributed by atoms with Crippen molar-refractivity contribution in [3.05, 3.63) is 30.3 Å². The van der Waals surface area contributed by atoms with Crippen molar-refractivity contribution in [3.8, 4) is 11.8 Å². The van der Waals surface area contributed by atoms with Gasteiger partial charge < -0.3 is 10.1 Å². The predicted octanol–water partition coefficient (Wildman–Crippen LogP) is 2.26. The fraction of sp³-hybridized carbons (Fsp3) is 0.429. The number of carbonyl (C=O) groups is 1. The second kappa shape index (κ2) is 6.65. The fourth-order valence-corrected chi connectivity index (χ4v) is 1.34. The number of carbonyl (C=O) groups excluding carboxylic acids is 1. The molecule has 1 aromatic rings. The topological polar surface area (TPSA) is 62.1 Å². The van der Waals surface area contributed by atoms with Crippen LogP contribution >= 0.6 is 0 Å². The summed E-state index contributed by atoms with van der Waals surface area (Å²) in [6.07, 6.45) is 0.820. The summed E-state index contributed by atoms with van der Waals surface area (Å²) < 4.78 is 5.41. The van der Waals surface area contributed by atoms with Crippen LogP contribution in [0.4, 0.5) is 0 Å². The lowest BCUT2D eigenvalue weighted by Crippen LogP contribution is -2.44. The molecule has 0 aliphatic carbocycles. The monoisotopic (exact) mass is 246 g/mol. The third-order valence-electron chi connectivity index (χ3n) is 2.71. The molecule has 0 saturated carbocycles. The number of nitrogens with zero attached hydrogens (tertiary/aromatic N) is 1. The molecule has 1 aromatic carbocycles. The van der Waals surface area contributed by atoms with E-state index in [1.165, 1.54) is 0 Å². The molecule has 1 N–H and O–H groups in total. The Bertz CT molecular complexity index is 425. The van der Waals surface area contributed by atoms with Crippen LogP contribution in [0.1, 0.15) is 26.7 Å². The van der Waals surface area contributed by atoms with Crippen molar-refractivity contribution in [1.29, 1.82) is 5.26 Å². The van der Waals surface area contributed by atoms with Crippen LogP contribution in [-0.4, -0.2) is 18.1 Å². The predicted molar refractivity (Wildman–Crippen MR) is 69.0 cm³/mol.